The SMILES string of the molecule is Cc1nc2ccc(NC(=O)c3ccc4c(c3)CCC(=O)N4)cc2s1. The van der Waals surface area contributed by atoms with Gasteiger partial charge in [0.1, 0.15) is 0 Å². The van der Waals surface area contributed by atoms with Crippen LogP contribution in [0.15, 0.2) is 36.4 Å². The van der Waals surface area contributed by atoms with Gasteiger partial charge in [-0.1, -0.05) is 0 Å². The topological polar surface area (TPSA) is 71.1 Å². The minimum atomic E-state index is -0.157. The molecule has 0 spiro atoms. The third kappa shape index (κ3) is 2.76. The summed E-state index contributed by atoms with van der Waals surface area (Å²) in [4.78, 5) is 28.3. The van der Waals surface area contributed by atoms with Crippen LogP contribution in [0.25, 0.3) is 10.2 Å². The second-order valence-corrected chi connectivity index (χ2v) is 7.02. The van der Waals surface area contributed by atoms with Gasteiger partial charge in [-0.2, -0.15) is 0 Å². The largest absolute Gasteiger partial charge is 0.326 e. The van der Waals surface area contributed by atoms with Crippen LogP contribution in [0.2, 0.25) is 0 Å². The number of aromatic nitrogens is 1. The molecule has 0 radical (unpaired) electrons. The fourth-order valence-corrected chi connectivity index (χ4v) is 3.71. The van der Waals surface area contributed by atoms with Crippen LogP contribution in [-0.4, -0.2) is 16.8 Å². The van der Waals surface area contributed by atoms with Gasteiger partial charge in [-0.25, -0.2) is 4.98 Å². The third-order valence-electron chi connectivity index (χ3n) is 4.02. The summed E-state index contributed by atoms with van der Waals surface area (Å²) in [5.41, 5.74) is 4.08. The number of aryl methyl sites for hydroxylation is 2. The summed E-state index contributed by atoms with van der Waals surface area (Å²) >= 11 is 1.61. The highest BCUT2D eigenvalue weighted by atomic mass is 32.1. The molecule has 1 aliphatic rings. The lowest BCUT2D eigenvalue weighted by Crippen LogP contribution is -2.20. The second kappa shape index (κ2) is 5.72. The highest BCUT2D eigenvalue weighted by Crippen LogP contribution is 2.26. The smallest absolute Gasteiger partial charge is 0.255 e. The average Bonchev–Trinajstić information content (AvgIpc) is 2.93. The predicted molar refractivity (Wildman–Crippen MR) is 95.7 cm³/mol. The number of rotatable bonds is 2. The molecule has 1 aromatic heterocycles. The zero-order valence-electron chi connectivity index (χ0n) is 13.1. The molecule has 0 aliphatic carbocycles. The van der Waals surface area contributed by atoms with Gasteiger partial charge in [0.05, 0.1) is 15.2 Å². The number of hydrogen-bond donors (Lipinski definition) is 2. The average molecular weight is 337 g/mol. The fourth-order valence-electron chi connectivity index (χ4n) is 2.85. The van der Waals surface area contributed by atoms with E-state index in [-0.39, 0.29) is 11.8 Å². The zero-order chi connectivity index (χ0) is 16.7. The van der Waals surface area contributed by atoms with Gasteiger partial charge in [0, 0.05) is 23.4 Å². The molecular weight excluding hydrogens is 322 g/mol. The van der Waals surface area contributed by atoms with E-state index in [9.17, 15) is 9.59 Å². The molecule has 2 aromatic carbocycles. The highest BCUT2D eigenvalue weighted by Gasteiger charge is 2.17. The maximum absolute atomic E-state index is 12.5. The van der Waals surface area contributed by atoms with Crippen molar-refractivity contribution < 1.29 is 9.59 Å². The van der Waals surface area contributed by atoms with E-state index >= 15 is 0 Å². The van der Waals surface area contributed by atoms with Crippen LogP contribution in [0, 0.1) is 6.92 Å². The number of carbonyl (C=O) groups is 2. The minimum Gasteiger partial charge on any atom is -0.326 e. The molecule has 1 aliphatic heterocycles. The van der Waals surface area contributed by atoms with Crippen LogP contribution in [0.5, 0.6) is 0 Å². The highest BCUT2D eigenvalue weighted by molar-refractivity contribution is 7.18. The van der Waals surface area contributed by atoms with Gasteiger partial charge in [-0.05, 0) is 55.3 Å². The van der Waals surface area contributed by atoms with Crippen molar-refractivity contribution in [3.05, 3.63) is 52.5 Å². The van der Waals surface area contributed by atoms with E-state index in [1.165, 1.54) is 0 Å². The van der Waals surface area contributed by atoms with Crippen LogP contribution in [0.4, 0.5) is 11.4 Å². The van der Waals surface area contributed by atoms with Gasteiger partial charge in [0.15, 0.2) is 0 Å². The number of carbonyl (C=O) groups excluding carboxylic acids is 2. The molecule has 0 bridgehead atoms. The van der Waals surface area contributed by atoms with Gasteiger partial charge >= 0.3 is 0 Å². The molecule has 5 nitrogen and oxygen atoms in total. The number of amides is 2. The summed E-state index contributed by atoms with van der Waals surface area (Å²) in [7, 11) is 0. The number of fused-ring (bicyclic) bond motifs is 2. The van der Waals surface area contributed by atoms with Crippen LogP contribution in [0.1, 0.15) is 27.3 Å². The van der Waals surface area contributed by atoms with Gasteiger partial charge < -0.3 is 10.6 Å². The van der Waals surface area contributed by atoms with Crippen LogP contribution in [-0.2, 0) is 11.2 Å². The van der Waals surface area contributed by atoms with E-state index in [0.717, 1.165) is 32.2 Å². The lowest BCUT2D eigenvalue weighted by molar-refractivity contribution is -0.116. The Hall–Kier alpha value is -2.73. The predicted octanol–water partition coefficient (Wildman–Crippen LogP) is 3.74. The first kappa shape index (κ1) is 14.8. The van der Waals surface area contributed by atoms with Crippen molar-refractivity contribution in [1.29, 1.82) is 0 Å². The summed E-state index contributed by atoms with van der Waals surface area (Å²) in [6, 6.07) is 11.1. The minimum absolute atomic E-state index is 0.0212. The Bertz CT molecular complexity index is 978. The van der Waals surface area contributed by atoms with Crippen LogP contribution in [0.3, 0.4) is 0 Å². The number of anilines is 2. The number of thiazole rings is 1. The molecular formula is C18H15N3O2S. The molecule has 2 heterocycles. The molecule has 2 N–H and O–H groups in total. The summed E-state index contributed by atoms with van der Waals surface area (Å²) in [5, 5.41) is 6.75. The van der Waals surface area contributed by atoms with Crippen molar-refractivity contribution in [2.75, 3.05) is 10.6 Å². The monoisotopic (exact) mass is 337 g/mol. The Morgan fingerprint density at radius 3 is 2.96 bits per heavy atom. The lowest BCUT2D eigenvalue weighted by atomic mass is 10.00. The number of nitrogens with zero attached hydrogens (tertiary/aromatic N) is 1. The first-order valence-electron chi connectivity index (χ1n) is 7.70. The summed E-state index contributed by atoms with van der Waals surface area (Å²) in [6.45, 7) is 1.97. The van der Waals surface area contributed by atoms with Crippen LogP contribution < -0.4 is 10.6 Å². The molecule has 0 fully saturated rings. The molecule has 0 atom stereocenters. The normalized spacial score (nSPS) is 13.5. The van der Waals surface area contributed by atoms with Crippen molar-refractivity contribution in [3.8, 4) is 0 Å². The Labute approximate surface area is 142 Å². The van der Waals surface area contributed by atoms with E-state index in [0.29, 0.717) is 18.4 Å². The quantitative estimate of drug-likeness (QED) is 0.748. The zero-order valence-corrected chi connectivity index (χ0v) is 13.9. The van der Waals surface area contributed by atoms with E-state index in [2.05, 4.69) is 15.6 Å². The Morgan fingerprint density at radius 1 is 1.21 bits per heavy atom. The number of nitrogens with one attached hydrogen (secondary N) is 2. The first-order chi connectivity index (χ1) is 11.6. The molecule has 4 rings (SSSR count). The van der Waals surface area contributed by atoms with Crippen molar-refractivity contribution in [3.63, 3.8) is 0 Å². The van der Waals surface area contributed by atoms with E-state index in [1.54, 1.807) is 23.5 Å². The second-order valence-electron chi connectivity index (χ2n) is 5.79. The van der Waals surface area contributed by atoms with Gasteiger partial charge in [0.25, 0.3) is 5.91 Å². The molecule has 3 aromatic rings. The fraction of sp³-hybridized carbons (Fsp3) is 0.167. The maximum Gasteiger partial charge on any atom is 0.255 e. The summed E-state index contributed by atoms with van der Waals surface area (Å²) < 4.78 is 1.05. The Morgan fingerprint density at radius 2 is 2.08 bits per heavy atom. The molecule has 0 saturated heterocycles. The van der Waals surface area contributed by atoms with Crippen molar-refractivity contribution in [2.45, 2.75) is 19.8 Å². The number of benzene rings is 2. The lowest BCUT2D eigenvalue weighted by Gasteiger charge is -2.17. The maximum atomic E-state index is 12.5. The Kier molecular flexibility index (Phi) is 3.54. The van der Waals surface area contributed by atoms with E-state index < -0.39 is 0 Å². The van der Waals surface area contributed by atoms with Gasteiger partial charge in [0.2, 0.25) is 5.91 Å². The molecule has 120 valence electrons. The van der Waals surface area contributed by atoms with Crippen molar-refractivity contribution >= 4 is 44.7 Å². The molecule has 2 amide bonds. The first-order valence-corrected chi connectivity index (χ1v) is 8.51. The summed E-state index contributed by atoms with van der Waals surface area (Å²) in [5.74, 6) is -0.136. The van der Waals surface area contributed by atoms with E-state index in [1.807, 2.05) is 31.2 Å². The van der Waals surface area contributed by atoms with Gasteiger partial charge in [-0.15, -0.1) is 11.3 Å². The van der Waals surface area contributed by atoms with E-state index in [4.69, 9.17) is 0 Å². The number of hydrogen-bond acceptors (Lipinski definition) is 4. The Balaban J connectivity index is 1.57. The summed E-state index contributed by atoms with van der Waals surface area (Å²) in [6.07, 6.45) is 1.12. The van der Waals surface area contributed by atoms with Crippen molar-refractivity contribution in [2.24, 2.45) is 0 Å². The molecule has 24 heavy (non-hydrogen) atoms. The van der Waals surface area contributed by atoms with Crippen LogP contribution >= 0.6 is 11.3 Å². The molecule has 6 heteroatoms. The van der Waals surface area contributed by atoms with Gasteiger partial charge in [-0.3, -0.25) is 9.59 Å². The van der Waals surface area contributed by atoms with Crippen molar-refractivity contribution in [1.82, 2.24) is 4.98 Å². The molecule has 0 saturated carbocycles. The standard InChI is InChI=1S/C18H15N3O2S/c1-10-19-15-6-4-13(9-16(15)24-10)20-18(23)12-2-5-14-11(8-12)3-7-17(22)21-14/h2,4-6,8-9H,3,7H2,1H3,(H,20,23)(H,21,22). The molecule has 0 unspecified atom stereocenters. The third-order valence-corrected chi connectivity index (χ3v) is 4.95.